The molecule has 1 radical (unpaired) electrons. The van der Waals surface area contributed by atoms with E-state index in [1.807, 2.05) is 0 Å². The Hall–Kier alpha value is 0.943. The largest absolute Gasteiger partial charge is 3.00 e. The van der Waals surface area contributed by atoms with Crippen LogP contribution in [0, 0.1) is 12.0 Å². The minimum Gasteiger partial charge on any atom is -1.00 e. The second-order valence-corrected chi connectivity index (χ2v) is 2.93. The van der Waals surface area contributed by atoms with Crippen LogP contribution in [-0.2, 0) is 26.2 Å². The van der Waals surface area contributed by atoms with Gasteiger partial charge in [-0.05, 0) is 0 Å². The molecule has 0 spiro atoms. The molecule has 0 aliphatic heterocycles. The summed E-state index contributed by atoms with van der Waals surface area (Å²) in [6.45, 7) is 4.49. The minimum atomic E-state index is 0. The van der Waals surface area contributed by atoms with Crippen molar-refractivity contribution in [2.24, 2.45) is 5.92 Å². The van der Waals surface area contributed by atoms with Crippen molar-refractivity contribution in [3.05, 3.63) is 23.8 Å². The van der Waals surface area contributed by atoms with Gasteiger partial charge in [0.05, 0.1) is 0 Å². The van der Waals surface area contributed by atoms with Gasteiger partial charge in [-0.3, -0.25) is 6.08 Å². The molecule has 1 aliphatic carbocycles. The van der Waals surface area contributed by atoms with Crippen LogP contribution in [0.2, 0.25) is 0 Å². The van der Waals surface area contributed by atoms with Gasteiger partial charge in [-0.1, -0.05) is 26.2 Å². The summed E-state index contributed by atoms with van der Waals surface area (Å²) in [4.78, 5) is 0. The van der Waals surface area contributed by atoms with Crippen LogP contribution in [0.3, 0.4) is 0 Å². The molecule has 0 unspecified atom stereocenters. The number of rotatable bonds is 2. The smallest absolute Gasteiger partial charge is 1.00 e. The average molecular weight is 283 g/mol. The van der Waals surface area contributed by atoms with Crippen LogP contribution in [-0.4, -0.2) is 0 Å². The Morgan fingerprint density at radius 1 is 1.42 bits per heavy atom. The van der Waals surface area contributed by atoms with Gasteiger partial charge in [-0.25, -0.2) is 11.6 Å². The van der Waals surface area contributed by atoms with E-state index in [9.17, 15) is 0 Å². The standard InChI is InChI=1S/C9H13.2ClH.Zr/c1-8(2)7-9-5-3-4-6-9;;;/h5-6,8H,3,7H2,1-2H3;2*1H;/q-1;;;+3/p-2. The Kier molecular flexibility index (Phi) is 15.6. The van der Waals surface area contributed by atoms with E-state index in [1.165, 1.54) is 12.0 Å². The van der Waals surface area contributed by atoms with Gasteiger partial charge in [-0.2, -0.15) is 6.08 Å². The fourth-order valence-electron chi connectivity index (χ4n) is 1.05. The van der Waals surface area contributed by atoms with Crippen LogP contribution >= 0.6 is 0 Å². The summed E-state index contributed by atoms with van der Waals surface area (Å²) < 4.78 is 0. The van der Waals surface area contributed by atoms with Gasteiger partial charge in [0.1, 0.15) is 0 Å². The second kappa shape index (κ2) is 10.0. The third kappa shape index (κ3) is 7.58. The first-order chi connectivity index (χ1) is 4.29. The molecule has 12 heavy (non-hydrogen) atoms. The van der Waals surface area contributed by atoms with Crippen molar-refractivity contribution < 1.29 is 51.0 Å². The zero-order valence-corrected chi connectivity index (χ0v) is 11.4. The zero-order valence-electron chi connectivity index (χ0n) is 7.40. The normalized spacial score (nSPS) is 12.8. The van der Waals surface area contributed by atoms with Crippen LogP contribution in [0.25, 0.3) is 0 Å². The van der Waals surface area contributed by atoms with Crippen molar-refractivity contribution in [2.45, 2.75) is 26.7 Å². The summed E-state index contributed by atoms with van der Waals surface area (Å²) in [6.07, 6.45) is 9.77. The molecule has 0 saturated heterocycles. The first-order valence-electron chi connectivity index (χ1n) is 3.54. The third-order valence-electron chi connectivity index (χ3n) is 1.41. The molecule has 3 heteroatoms. The van der Waals surface area contributed by atoms with Crippen molar-refractivity contribution in [3.63, 3.8) is 0 Å². The predicted octanol–water partition coefficient (Wildman–Crippen LogP) is -3.27. The number of hydrogen-bond acceptors (Lipinski definition) is 0. The zero-order chi connectivity index (χ0) is 6.69. The predicted molar refractivity (Wildman–Crippen MR) is 40.0 cm³/mol. The topological polar surface area (TPSA) is 0 Å². The average Bonchev–Trinajstić information content (AvgIpc) is 2.15. The van der Waals surface area contributed by atoms with Gasteiger partial charge in [0.2, 0.25) is 0 Å². The van der Waals surface area contributed by atoms with Gasteiger partial charge in [0, 0.05) is 0 Å². The van der Waals surface area contributed by atoms with Gasteiger partial charge in [0.15, 0.2) is 0 Å². The van der Waals surface area contributed by atoms with Crippen molar-refractivity contribution in [1.82, 2.24) is 0 Å². The molecule has 0 fully saturated rings. The van der Waals surface area contributed by atoms with Gasteiger partial charge >= 0.3 is 26.2 Å². The van der Waals surface area contributed by atoms with Crippen LogP contribution in [0.4, 0.5) is 0 Å². The third-order valence-corrected chi connectivity index (χ3v) is 1.41. The van der Waals surface area contributed by atoms with Crippen molar-refractivity contribution in [2.75, 3.05) is 0 Å². The molecule has 67 valence electrons. The van der Waals surface area contributed by atoms with E-state index >= 15 is 0 Å². The van der Waals surface area contributed by atoms with Gasteiger partial charge in [-0.15, -0.1) is 6.42 Å². The van der Waals surface area contributed by atoms with Crippen molar-refractivity contribution in [3.8, 4) is 0 Å². The summed E-state index contributed by atoms with van der Waals surface area (Å²) in [6, 6.07) is 0. The molecule has 0 aromatic carbocycles. The number of hydrogen-bond donors (Lipinski definition) is 0. The number of halogens is 2. The molecule has 0 bridgehead atoms. The molecule has 0 amide bonds. The molecule has 0 N–H and O–H groups in total. The molecule has 0 heterocycles. The summed E-state index contributed by atoms with van der Waals surface area (Å²) >= 11 is 0. The monoisotopic (exact) mass is 281 g/mol. The van der Waals surface area contributed by atoms with Crippen LogP contribution in [0.15, 0.2) is 17.7 Å². The Morgan fingerprint density at radius 2 is 2.00 bits per heavy atom. The van der Waals surface area contributed by atoms with Gasteiger partial charge < -0.3 is 24.8 Å². The van der Waals surface area contributed by atoms with Crippen molar-refractivity contribution >= 4 is 0 Å². The Labute approximate surface area is 107 Å². The maximum Gasteiger partial charge on any atom is 3.00 e. The molecule has 0 saturated carbocycles. The fourth-order valence-corrected chi connectivity index (χ4v) is 1.05. The van der Waals surface area contributed by atoms with Crippen LogP contribution in [0.5, 0.6) is 0 Å². The van der Waals surface area contributed by atoms with Crippen LogP contribution < -0.4 is 24.8 Å². The minimum absolute atomic E-state index is 0. The van der Waals surface area contributed by atoms with E-state index in [2.05, 4.69) is 32.1 Å². The van der Waals surface area contributed by atoms with Crippen molar-refractivity contribution in [1.29, 1.82) is 0 Å². The quantitative estimate of drug-likeness (QED) is 0.467. The molecule has 1 rings (SSSR count). The molecule has 0 aromatic heterocycles. The van der Waals surface area contributed by atoms with E-state index in [0.717, 1.165) is 12.3 Å². The van der Waals surface area contributed by atoms with E-state index in [4.69, 9.17) is 0 Å². The molecule has 1 aliphatic rings. The van der Waals surface area contributed by atoms with Crippen LogP contribution in [0.1, 0.15) is 26.7 Å². The first kappa shape index (κ1) is 18.7. The summed E-state index contributed by atoms with van der Waals surface area (Å²) in [5.41, 5.74) is 1.46. The van der Waals surface area contributed by atoms with E-state index in [-0.39, 0.29) is 51.0 Å². The Balaban J connectivity index is -0.000000270. The summed E-state index contributed by atoms with van der Waals surface area (Å²) in [5.74, 6) is 0.785. The van der Waals surface area contributed by atoms with E-state index < -0.39 is 0 Å². The molecule has 0 aromatic rings. The van der Waals surface area contributed by atoms with Gasteiger partial charge in [0.25, 0.3) is 0 Å². The van der Waals surface area contributed by atoms with E-state index in [0.29, 0.717) is 0 Å². The Bertz CT molecular complexity index is 151. The molecular weight excluding hydrogens is 270 g/mol. The molecule has 0 nitrogen and oxygen atoms in total. The Morgan fingerprint density at radius 3 is 2.33 bits per heavy atom. The molecule has 0 atom stereocenters. The SMILES string of the molecule is CC(C)CC1=CC[C-]=C1.[Cl-].[Cl-].[Zr+3]. The molecular formula is C9H13Cl2Zr. The second-order valence-electron chi connectivity index (χ2n) is 2.93. The fraction of sp³-hybridized carbons (Fsp3) is 0.556. The maximum absolute atomic E-state index is 3.16. The summed E-state index contributed by atoms with van der Waals surface area (Å²) in [5, 5.41) is 0. The summed E-state index contributed by atoms with van der Waals surface area (Å²) in [7, 11) is 0. The first-order valence-corrected chi connectivity index (χ1v) is 3.54. The van der Waals surface area contributed by atoms with E-state index in [1.54, 1.807) is 0 Å². The number of allylic oxidation sites excluding steroid dienone is 4. The maximum atomic E-state index is 3.16.